The molecule has 1 heterocycles. The van der Waals surface area contributed by atoms with Gasteiger partial charge in [0.2, 0.25) is 0 Å². The van der Waals surface area contributed by atoms with Crippen LogP contribution in [0.1, 0.15) is 5.56 Å². The predicted molar refractivity (Wildman–Crippen MR) is 67.9 cm³/mol. The first-order chi connectivity index (χ1) is 8.58. The van der Waals surface area contributed by atoms with Crippen molar-refractivity contribution < 1.29 is 9.90 Å². The Kier molecular flexibility index (Phi) is 3.64. The lowest BCUT2D eigenvalue weighted by Crippen LogP contribution is -2.32. The van der Waals surface area contributed by atoms with E-state index in [1.54, 1.807) is 29.4 Å². The normalized spacial score (nSPS) is 12.3. The molecule has 1 aromatic carbocycles. The number of benzene rings is 1. The Labute approximate surface area is 109 Å². The van der Waals surface area contributed by atoms with E-state index in [1.165, 1.54) is 0 Å². The van der Waals surface area contributed by atoms with Crippen LogP contribution in [0.5, 0.6) is 0 Å². The summed E-state index contributed by atoms with van der Waals surface area (Å²) in [6, 6.07) is 4.43. The van der Waals surface area contributed by atoms with E-state index in [4.69, 9.17) is 22.4 Å². The monoisotopic (exact) mass is 265 g/mol. The highest BCUT2D eigenvalue weighted by atomic mass is 35.5. The average molecular weight is 266 g/mol. The van der Waals surface area contributed by atoms with Gasteiger partial charge in [-0.3, -0.25) is 4.79 Å². The zero-order valence-electron chi connectivity index (χ0n) is 9.45. The molecule has 94 valence electrons. The number of imidazole rings is 1. The van der Waals surface area contributed by atoms with Gasteiger partial charge in [-0.1, -0.05) is 17.7 Å². The maximum absolute atomic E-state index is 10.7. The van der Waals surface area contributed by atoms with Crippen LogP contribution in [-0.2, 0) is 11.2 Å². The van der Waals surface area contributed by atoms with Crippen molar-refractivity contribution >= 4 is 17.6 Å². The number of nitrogens with zero attached hydrogens (tertiary/aromatic N) is 2. The van der Waals surface area contributed by atoms with Gasteiger partial charge in [0.05, 0.1) is 17.0 Å². The van der Waals surface area contributed by atoms with Crippen LogP contribution < -0.4 is 5.73 Å². The maximum atomic E-state index is 10.7. The first kappa shape index (κ1) is 12.6. The fourth-order valence-corrected chi connectivity index (χ4v) is 1.93. The van der Waals surface area contributed by atoms with Gasteiger partial charge < -0.3 is 15.4 Å². The van der Waals surface area contributed by atoms with Crippen molar-refractivity contribution in [1.82, 2.24) is 9.55 Å². The van der Waals surface area contributed by atoms with Gasteiger partial charge in [-0.05, 0) is 24.1 Å². The van der Waals surface area contributed by atoms with Gasteiger partial charge in [-0.25, -0.2) is 4.98 Å². The molecule has 1 unspecified atom stereocenters. The number of carbonyl (C=O) groups is 1. The minimum absolute atomic E-state index is 0.249. The minimum atomic E-state index is -1.02. The number of carboxylic acid groups (broad SMARTS) is 1. The van der Waals surface area contributed by atoms with E-state index < -0.39 is 12.0 Å². The van der Waals surface area contributed by atoms with Crippen molar-refractivity contribution in [2.24, 2.45) is 5.73 Å². The zero-order valence-corrected chi connectivity index (χ0v) is 10.2. The molecule has 0 fully saturated rings. The molecule has 0 radical (unpaired) electrons. The molecule has 0 amide bonds. The van der Waals surface area contributed by atoms with Crippen molar-refractivity contribution in [2.75, 3.05) is 0 Å². The Morgan fingerprint density at radius 3 is 2.89 bits per heavy atom. The van der Waals surface area contributed by atoms with Crippen molar-refractivity contribution in [1.29, 1.82) is 0 Å². The van der Waals surface area contributed by atoms with Crippen LogP contribution in [0.2, 0.25) is 5.02 Å². The van der Waals surface area contributed by atoms with Crippen molar-refractivity contribution in [3.8, 4) is 5.69 Å². The molecule has 1 atom stereocenters. The van der Waals surface area contributed by atoms with Gasteiger partial charge in [-0.15, -0.1) is 0 Å². The van der Waals surface area contributed by atoms with Gasteiger partial charge >= 0.3 is 5.97 Å². The van der Waals surface area contributed by atoms with Crippen LogP contribution in [0.15, 0.2) is 36.9 Å². The fourth-order valence-electron chi connectivity index (χ4n) is 1.63. The Morgan fingerprint density at radius 1 is 1.56 bits per heavy atom. The first-order valence-electron chi connectivity index (χ1n) is 5.33. The highest BCUT2D eigenvalue weighted by Crippen LogP contribution is 2.22. The summed E-state index contributed by atoms with van der Waals surface area (Å²) in [5, 5.41) is 9.28. The van der Waals surface area contributed by atoms with Gasteiger partial charge in [0.25, 0.3) is 0 Å². The summed E-state index contributed by atoms with van der Waals surface area (Å²) in [6.07, 6.45) is 5.33. The third-order valence-electron chi connectivity index (χ3n) is 2.57. The summed E-state index contributed by atoms with van der Waals surface area (Å²) in [6.45, 7) is 0. The lowest BCUT2D eigenvalue weighted by atomic mass is 10.1. The van der Waals surface area contributed by atoms with Crippen molar-refractivity contribution in [3.63, 3.8) is 0 Å². The summed E-state index contributed by atoms with van der Waals surface area (Å²) in [4.78, 5) is 14.6. The summed E-state index contributed by atoms with van der Waals surface area (Å²) in [5.74, 6) is -1.02. The Morgan fingerprint density at radius 2 is 2.33 bits per heavy atom. The average Bonchev–Trinajstić information content (AvgIpc) is 2.82. The van der Waals surface area contributed by atoms with Crippen LogP contribution in [0.3, 0.4) is 0 Å². The molecule has 2 rings (SSSR count). The summed E-state index contributed by atoms with van der Waals surface area (Å²) in [7, 11) is 0. The van der Waals surface area contributed by atoms with E-state index in [-0.39, 0.29) is 6.42 Å². The number of aromatic nitrogens is 2. The van der Waals surface area contributed by atoms with Gasteiger partial charge in [-0.2, -0.15) is 0 Å². The highest BCUT2D eigenvalue weighted by Gasteiger charge is 2.13. The quantitative estimate of drug-likeness (QED) is 0.877. The predicted octanol–water partition coefficient (Wildman–Crippen LogP) is 1.48. The molecule has 5 nitrogen and oxygen atoms in total. The second-order valence-corrected chi connectivity index (χ2v) is 4.31. The molecule has 1 aromatic heterocycles. The molecule has 3 N–H and O–H groups in total. The molecule has 0 bridgehead atoms. The van der Waals surface area contributed by atoms with Crippen LogP contribution >= 0.6 is 11.6 Å². The summed E-state index contributed by atoms with van der Waals surface area (Å²) < 4.78 is 1.78. The molecule has 18 heavy (non-hydrogen) atoms. The molecule has 0 aliphatic rings. The largest absolute Gasteiger partial charge is 0.480 e. The lowest BCUT2D eigenvalue weighted by Gasteiger charge is -2.09. The van der Waals surface area contributed by atoms with Crippen molar-refractivity contribution in [3.05, 3.63) is 47.5 Å². The molecule has 0 aliphatic heterocycles. The maximum Gasteiger partial charge on any atom is 0.320 e. The number of hydrogen-bond donors (Lipinski definition) is 2. The van der Waals surface area contributed by atoms with Crippen LogP contribution in [0, 0.1) is 0 Å². The zero-order chi connectivity index (χ0) is 13.1. The lowest BCUT2D eigenvalue weighted by molar-refractivity contribution is -0.138. The van der Waals surface area contributed by atoms with E-state index in [0.29, 0.717) is 5.02 Å². The molecule has 6 heteroatoms. The standard InChI is InChI=1S/C12H12ClN3O2/c13-9-5-8(6-10(14)12(17)18)1-2-11(9)16-4-3-15-7-16/h1-5,7,10H,6,14H2,(H,17,18). The third-order valence-corrected chi connectivity index (χ3v) is 2.87. The molecular formula is C12H12ClN3O2. The van der Waals surface area contributed by atoms with Crippen LogP contribution in [-0.4, -0.2) is 26.7 Å². The Balaban J connectivity index is 2.23. The molecular weight excluding hydrogens is 254 g/mol. The topological polar surface area (TPSA) is 81.1 Å². The second kappa shape index (κ2) is 5.20. The number of nitrogens with two attached hydrogens (primary N) is 1. The molecule has 0 aliphatic carbocycles. The highest BCUT2D eigenvalue weighted by molar-refractivity contribution is 6.32. The first-order valence-corrected chi connectivity index (χ1v) is 5.71. The molecule has 0 saturated carbocycles. The fraction of sp³-hybridized carbons (Fsp3) is 0.167. The smallest absolute Gasteiger partial charge is 0.320 e. The Hall–Kier alpha value is -1.85. The van der Waals surface area contributed by atoms with E-state index in [1.807, 2.05) is 12.1 Å². The number of halogens is 1. The minimum Gasteiger partial charge on any atom is -0.480 e. The Bertz CT molecular complexity index is 554. The van der Waals surface area contributed by atoms with E-state index in [9.17, 15) is 4.79 Å². The van der Waals surface area contributed by atoms with E-state index in [2.05, 4.69) is 4.98 Å². The summed E-state index contributed by atoms with van der Waals surface area (Å²) >= 11 is 6.15. The van der Waals surface area contributed by atoms with E-state index >= 15 is 0 Å². The van der Waals surface area contributed by atoms with Gasteiger partial charge in [0, 0.05) is 12.4 Å². The SMILES string of the molecule is NC(Cc1ccc(-n2ccnc2)c(Cl)c1)C(=O)O. The molecule has 2 aromatic rings. The number of hydrogen-bond acceptors (Lipinski definition) is 3. The second-order valence-electron chi connectivity index (χ2n) is 3.90. The molecule has 0 saturated heterocycles. The van der Waals surface area contributed by atoms with E-state index in [0.717, 1.165) is 11.3 Å². The summed E-state index contributed by atoms with van der Waals surface area (Å²) in [5.41, 5.74) is 7.06. The number of aliphatic carboxylic acids is 1. The van der Waals surface area contributed by atoms with Crippen LogP contribution in [0.4, 0.5) is 0 Å². The molecule has 0 spiro atoms. The number of carboxylic acids is 1. The number of rotatable bonds is 4. The van der Waals surface area contributed by atoms with Crippen LogP contribution in [0.25, 0.3) is 5.69 Å². The van der Waals surface area contributed by atoms with Gasteiger partial charge in [0.1, 0.15) is 6.04 Å². The van der Waals surface area contributed by atoms with Gasteiger partial charge in [0.15, 0.2) is 0 Å². The third kappa shape index (κ3) is 2.69. The van der Waals surface area contributed by atoms with Crippen molar-refractivity contribution in [2.45, 2.75) is 12.5 Å².